The van der Waals surface area contributed by atoms with Crippen LogP contribution in [0.2, 0.25) is 0 Å². The second-order valence-electron chi connectivity index (χ2n) is 7.09. The van der Waals surface area contributed by atoms with Gasteiger partial charge in [0.25, 0.3) is 0 Å². The number of aryl methyl sites for hydroxylation is 3. The molecule has 0 aliphatic carbocycles. The number of aromatic nitrogens is 4. The van der Waals surface area contributed by atoms with Crippen molar-refractivity contribution in [3.8, 4) is 0 Å². The number of rotatable bonds is 6. The first-order valence-corrected chi connectivity index (χ1v) is 11.1. The summed E-state index contributed by atoms with van der Waals surface area (Å²) in [5.74, 6) is -0.561. The Balaban J connectivity index is 1.74. The summed E-state index contributed by atoms with van der Waals surface area (Å²) in [7, 11) is -3.68. The summed E-state index contributed by atoms with van der Waals surface area (Å²) in [6.07, 6.45) is 4.50. The Morgan fingerprint density at radius 3 is 2.64 bits per heavy atom. The first kappa shape index (κ1) is 20.5. The lowest BCUT2D eigenvalue weighted by molar-refractivity contribution is -0.120. The minimum Gasteiger partial charge on any atom is -0.323 e. The summed E-state index contributed by atoms with van der Waals surface area (Å²) in [4.78, 5) is 13.0. The number of nitrogens with zero attached hydrogens (tertiary/aromatic N) is 5. The SMILES string of the molecule is CCn1cc(S(=O)(=O)N2CCC[C@H](C(=O)Nc3cnn(CC)c3C)C2)c(C)n1. The molecule has 154 valence electrons. The van der Waals surface area contributed by atoms with Crippen molar-refractivity contribution in [2.75, 3.05) is 18.4 Å². The molecule has 1 aliphatic heterocycles. The first-order valence-electron chi connectivity index (χ1n) is 9.65. The standard InChI is InChI=1S/C18H28N6O3S/c1-5-22-12-17(13(3)21-22)28(26,27)23-9-7-8-15(11-23)18(25)20-16-10-19-24(6-2)14(16)4/h10,12,15H,5-9,11H2,1-4H3,(H,20,25)/t15-/m0/s1. The van der Waals surface area contributed by atoms with Crippen LogP contribution in [-0.2, 0) is 27.9 Å². The van der Waals surface area contributed by atoms with E-state index in [-0.39, 0.29) is 17.3 Å². The fourth-order valence-electron chi connectivity index (χ4n) is 3.55. The fraction of sp³-hybridized carbons (Fsp3) is 0.611. The lowest BCUT2D eigenvalue weighted by Gasteiger charge is -2.31. The number of carbonyl (C=O) groups is 1. The number of hydrogen-bond acceptors (Lipinski definition) is 5. The van der Waals surface area contributed by atoms with E-state index in [4.69, 9.17) is 0 Å². The van der Waals surface area contributed by atoms with Gasteiger partial charge in [0.2, 0.25) is 15.9 Å². The summed E-state index contributed by atoms with van der Waals surface area (Å²) < 4.78 is 31.0. The minimum absolute atomic E-state index is 0.167. The second kappa shape index (κ2) is 8.04. The molecule has 0 bridgehead atoms. The predicted molar refractivity (Wildman–Crippen MR) is 105 cm³/mol. The Labute approximate surface area is 165 Å². The average Bonchev–Trinajstić information content (AvgIpc) is 3.24. The number of anilines is 1. The van der Waals surface area contributed by atoms with Crippen LogP contribution in [0.3, 0.4) is 0 Å². The largest absolute Gasteiger partial charge is 0.323 e. The molecule has 1 aliphatic rings. The molecule has 1 N–H and O–H groups in total. The highest BCUT2D eigenvalue weighted by Crippen LogP contribution is 2.26. The van der Waals surface area contributed by atoms with Crippen LogP contribution in [0.5, 0.6) is 0 Å². The highest BCUT2D eigenvalue weighted by molar-refractivity contribution is 7.89. The second-order valence-corrected chi connectivity index (χ2v) is 8.99. The molecule has 2 aromatic rings. The number of sulfonamides is 1. The predicted octanol–water partition coefficient (Wildman–Crippen LogP) is 1.78. The van der Waals surface area contributed by atoms with Crippen LogP contribution in [0.15, 0.2) is 17.3 Å². The summed E-state index contributed by atoms with van der Waals surface area (Å²) >= 11 is 0. The van der Waals surface area contributed by atoms with E-state index < -0.39 is 15.9 Å². The Hall–Kier alpha value is -2.20. The minimum atomic E-state index is -3.68. The third-order valence-electron chi connectivity index (χ3n) is 5.26. The van der Waals surface area contributed by atoms with Gasteiger partial charge in [0.05, 0.1) is 29.2 Å². The summed E-state index contributed by atoms with van der Waals surface area (Å²) in [5, 5.41) is 11.4. The normalized spacial score (nSPS) is 18.4. The molecule has 1 fully saturated rings. The maximum Gasteiger partial charge on any atom is 0.246 e. The van der Waals surface area contributed by atoms with Crippen molar-refractivity contribution in [3.05, 3.63) is 23.8 Å². The van der Waals surface area contributed by atoms with E-state index in [0.717, 1.165) is 12.2 Å². The van der Waals surface area contributed by atoms with Crippen LogP contribution in [0, 0.1) is 19.8 Å². The topological polar surface area (TPSA) is 102 Å². The van der Waals surface area contributed by atoms with Crippen molar-refractivity contribution < 1.29 is 13.2 Å². The molecule has 0 aromatic carbocycles. The zero-order valence-electron chi connectivity index (χ0n) is 16.8. The Morgan fingerprint density at radius 2 is 2.04 bits per heavy atom. The van der Waals surface area contributed by atoms with Crippen molar-refractivity contribution in [1.29, 1.82) is 0 Å². The van der Waals surface area contributed by atoms with Crippen LogP contribution in [0.25, 0.3) is 0 Å². The van der Waals surface area contributed by atoms with Gasteiger partial charge in [-0.2, -0.15) is 14.5 Å². The van der Waals surface area contributed by atoms with Gasteiger partial charge in [-0.1, -0.05) is 0 Å². The average molecular weight is 409 g/mol. The molecular weight excluding hydrogens is 380 g/mol. The molecular formula is C18H28N6O3S. The van der Waals surface area contributed by atoms with E-state index in [1.807, 2.05) is 20.8 Å². The summed E-state index contributed by atoms with van der Waals surface area (Å²) in [6, 6.07) is 0. The Bertz CT molecular complexity index is 962. The quantitative estimate of drug-likeness (QED) is 0.785. The van der Waals surface area contributed by atoms with Crippen LogP contribution in [0.1, 0.15) is 38.1 Å². The molecule has 9 nitrogen and oxygen atoms in total. The Kier molecular flexibility index (Phi) is 5.90. The summed E-state index contributed by atoms with van der Waals surface area (Å²) in [6.45, 7) is 9.40. The maximum absolute atomic E-state index is 13.1. The van der Waals surface area contributed by atoms with Crippen LogP contribution in [-0.4, -0.2) is 51.3 Å². The molecule has 0 unspecified atom stereocenters. The van der Waals surface area contributed by atoms with Crippen LogP contribution in [0.4, 0.5) is 5.69 Å². The highest BCUT2D eigenvalue weighted by atomic mass is 32.2. The van der Waals surface area contributed by atoms with Gasteiger partial charge in [0.1, 0.15) is 4.90 Å². The van der Waals surface area contributed by atoms with Gasteiger partial charge in [-0.25, -0.2) is 8.42 Å². The van der Waals surface area contributed by atoms with Gasteiger partial charge >= 0.3 is 0 Å². The zero-order chi connectivity index (χ0) is 20.5. The lowest BCUT2D eigenvalue weighted by atomic mass is 9.99. The van der Waals surface area contributed by atoms with Crippen molar-refractivity contribution in [1.82, 2.24) is 23.9 Å². The van der Waals surface area contributed by atoms with E-state index >= 15 is 0 Å². The van der Waals surface area contributed by atoms with Crippen molar-refractivity contribution in [2.24, 2.45) is 5.92 Å². The number of hydrogen-bond donors (Lipinski definition) is 1. The lowest BCUT2D eigenvalue weighted by Crippen LogP contribution is -2.43. The first-order chi connectivity index (χ1) is 13.3. The van der Waals surface area contributed by atoms with Crippen molar-refractivity contribution >= 4 is 21.6 Å². The zero-order valence-corrected chi connectivity index (χ0v) is 17.7. The molecule has 3 rings (SSSR count). The third kappa shape index (κ3) is 3.83. The fourth-order valence-corrected chi connectivity index (χ4v) is 5.24. The molecule has 1 amide bonds. The van der Waals surface area contributed by atoms with Crippen molar-refractivity contribution in [2.45, 2.75) is 58.5 Å². The molecule has 2 aromatic heterocycles. The van der Waals surface area contributed by atoms with E-state index in [1.54, 1.807) is 28.7 Å². The number of carbonyl (C=O) groups excluding carboxylic acids is 1. The Morgan fingerprint density at radius 1 is 1.29 bits per heavy atom. The van der Waals surface area contributed by atoms with E-state index in [1.165, 1.54) is 4.31 Å². The van der Waals surface area contributed by atoms with E-state index in [2.05, 4.69) is 15.5 Å². The molecule has 3 heterocycles. The summed E-state index contributed by atoms with van der Waals surface area (Å²) in [5.41, 5.74) is 2.04. The van der Waals surface area contributed by atoms with Crippen LogP contribution >= 0.6 is 0 Å². The van der Waals surface area contributed by atoms with E-state index in [0.29, 0.717) is 37.3 Å². The van der Waals surface area contributed by atoms with Gasteiger partial charge in [-0.05, 0) is 40.5 Å². The molecule has 0 spiro atoms. The molecule has 0 saturated carbocycles. The smallest absolute Gasteiger partial charge is 0.246 e. The number of piperidine rings is 1. The van der Waals surface area contributed by atoms with Gasteiger partial charge < -0.3 is 5.32 Å². The molecule has 0 radical (unpaired) electrons. The highest BCUT2D eigenvalue weighted by Gasteiger charge is 2.35. The maximum atomic E-state index is 13.1. The van der Waals surface area contributed by atoms with Crippen LogP contribution < -0.4 is 5.32 Å². The molecule has 1 saturated heterocycles. The van der Waals surface area contributed by atoms with E-state index in [9.17, 15) is 13.2 Å². The number of amides is 1. The van der Waals surface area contributed by atoms with Crippen molar-refractivity contribution in [3.63, 3.8) is 0 Å². The monoisotopic (exact) mass is 408 g/mol. The van der Waals surface area contributed by atoms with Gasteiger partial charge in [-0.3, -0.25) is 14.2 Å². The molecule has 28 heavy (non-hydrogen) atoms. The molecule has 10 heteroatoms. The number of nitrogens with one attached hydrogen (secondary N) is 1. The van der Waals surface area contributed by atoms with Gasteiger partial charge in [0.15, 0.2) is 0 Å². The molecule has 1 atom stereocenters. The van der Waals surface area contributed by atoms with Gasteiger partial charge in [0, 0.05) is 32.4 Å². The van der Waals surface area contributed by atoms with Gasteiger partial charge in [-0.15, -0.1) is 0 Å². The third-order valence-corrected chi connectivity index (χ3v) is 7.23.